The molecule has 0 saturated heterocycles. The zero-order valence-corrected chi connectivity index (χ0v) is 11.8. The lowest BCUT2D eigenvalue weighted by molar-refractivity contribution is 1.08. The number of hydrogen-bond acceptors (Lipinski definition) is 4. The van der Waals surface area contributed by atoms with Crippen molar-refractivity contribution in [3.8, 4) is 0 Å². The lowest BCUT2D eigenvalue weighted by Crippen LogP contribution is -1.94. The van der Waals surface area contributed by atoms with Crippen LogP contribution in [0.5, 0.6) is 0 Å². The van der Waals surface area contributed by atoms with Crippen molar-refractivity contribution in [3.63, 3.8) is 0 Å². The van der Waals surface area contributed by atoms with Crippen LogP contribution in [0.1, 0.15) is 12.5 Å². The first-order valence-electron chi connectivity index (χ1n) is 4.80. The molecule has 0 amide bonds. The molecule has 0 aliphatic rings. The van der Waals surface area contributed by atoms with Crippen LogP contribution in [0, 0.1) is 3.95 Å². The Morgan fingerprint density at radius 1 is 1.56 bits per heavy atom. The van der Waals surface area contributed by atoms with Gasteiger partial charge in [-0.1, -0.05) is 34.2 Å². The summed E-state index contributed by atoms with van der Waals surface area (Å²) in [5, 5.41) is 10.9. The van der Waals surface area contributed by atoms with Crippen molar-refractivity contribution in [1.29, 1.82) is 0 Å². The summed E-state index contributed by atoms with van der Waals surface area (Å²) < 4.78 is 1.77. The highest BCUT2D eigenvalue weighted by atomic mass is 79.9. The molecule has 0 aliphatic carbocycles. The summed E-state index contributed by atoms with van der Waals surface area (Å²) in [5.74, 6) is 0. The summed E-state index contributed by atoms with van der Waals surface area (Å²) in [6.07, 6.45) is 0.970. The Labute approximate surface area is 111 Å². The quantitative estimate of drug-likeness (QED) is 0.831. The van der Waals surface area contributed by atoms with E-state index in [-0.39, 0.29) is 0 Å². The van der Waals surface area contributed by atoms with E-state index in [0.29, 0.717) is 3.95 Å². The second-order valence-electron chi connectivity index (χ2n) is 3.20. The standard InChI is InChI=1S/C10H10BrN3S2/c1-2-6-5-7(11)3-4-8(6)12-9-13-14-10(15)16-9/h3-5H,2H2,1H3,(H,12,13)(H,14,15). The van der Waals surface area contributed by atoms with Crippen LogP contribution in [0.4, 0.5) is 10.8 Å². The maximum atomic E-state index is 4.98. The minimum atomic E-state index is 0.678. The highest BCUT2D eigenvalue weighted by Gasteiger charge is 2.04. The number of anilines is 2. The normalized spacial score (nSPS) is 10.4. The topological polar surface area (TPSA) is 40.7 Å². The molecule has 0 atom stereocenters. The molecule has 0 unspecified atom stereocenters. The third kappa shape index (κ3) is 2.69. The van der Waals surface area contributed by atoms with E-state index in [9.17, 15) is 0 Å². The SMILES string of the molecule is CCc1cc(Br)ccc1Nc1n[nH]c(=S)s1. The van der Waals surface area contributed by atoms with Crippen molar-refractivity contribution in [2.24, 2.45) is 0 Å². The highest BCUT2D eigenvalue weighted by Crippen LogP contribution is 2.25. The number of aryl methyl sites for hydroxylation is 1. The maximum Gasteiger partial charge on any atom is 0.208 e. The first kappa shape index (κ1) is 11.8. The second-order valence-corrected chi connectivity index (χ2v) is 5.78. The van der Waals surface area contributed by atoms with Crippen LogP contribution in [0.2, 0.25) is 0 Å². The van der Waals surface area contributed by atoms with Crippen LogP contribution in [-0.2, 0) is 6.42 Å². The minimum absolute atomic E-state index is 0.678. The average Bonchev–Trinajstić information content (AvgIpc) is 2.67. The fraction of sp³-hybridized carbons (Fsp3) is 0.200. The van der Waals surface area contributed by atoms with E-state index in [0.717, 1.165) is 21.7 Å². The van der Waals surface area contributed by atoms with Gasteiger partial charge < -0.3 is 5.32 Å². The van der Waals surface area contributed by atoms with Gasteiger partial charge in [0.25, 0.3) is 0 Å². The van der Waals surface area contributed by atoms with Gasteiger partial charge in [0.2, 0.25) is 5.13 Å². The van der Waals surface area contributed by atoms with Crippen molar-refractivity contribution in [2.45, 2.75) is 13.3 Å². The van der Waals surface area contributed by atoms with Crippen LogP contribution in [0.15, 0.2) is 22.7 Å². The Morgan fingerprint density at radius 3 is 3.00 bits per heavy atom. The Kier molecular flexibility index (Phi) is 3.73. The lowest BCUT2D eigenvalue weighted by atomic mass is 10.1. The molecule has 2 aromatic rings. The minimum Gasteiger partial charge on any atom is -0.330 e. The Bertz CT molecular complexity index is 547. The van der Waals surface area contributed by atoms with E-state index in [1.54, 1.807) is 0 Å². The van der Waals surface area contributed by atoms with E-state index in [4.69, 9.17) is 12.2 Å². The van der Waals surface area contributed by atoms with E-state index in [1.807, 2.05) is 12.1 Å². The van der Waals surface area contributed by atoms with Gasteiger partial charge in [-0.3, -0.25) is 5.10 Å². The number of nitrogens with zero attached hydrogens (tertiary/aromatic N) is 1. The zero-order chi connectivity index (χ0) is 11.5. The molecule has 2 N–H and O–H groups in total. The number of nitrogens with one attached hydrogen (secondary N) is 2. The number of hydrogen-bond donors (Lipinski definition) is 2. The van der Waals surface area contributed by atoms with Gasteiger partial charge in [-0.05, 0) is 42.4 Å². The number of benzene rings is 1. The summed E-state index contributed by atoms with van der Waals surface area (Å²) in [5.41, 5.74) is 2.32. The molecule has 0 radical (unpaired) electrons. The molecule has 1 heterocycles. The van der Waals surface area contributed by atoms with Gasteiger partial charge in [-0.25, -0.2) is 0 Å². The highest BCUT2D eigenvalue weighted by molar-refractivity contribution is 9.10. The molecule has 84 valence electrons. The molecular formula is C10H10BrN3S2. The summed E-state index contributed by atoms with van der Waals surface area (Å²) in [4.78, 5) is 0. The molecule has 0 aliphatic heterocycles. The molecule has 0 spiro atoms. The van der Waals surface area contributed by atoms with E-state index in [1.165, 1.54) is 16.9 Å². The summed E-state index contributed by atoms with van der Waals surface area (Å²) in [6.45, 7) is 2.12. The Hall–Kier alpha value is -0.720. The average molecular weight is 316 g/mol. The van der Waals surface area contributed by atoms with Crippen LogP contribution < -0.4 is 5.32 Å². The fourth-order valence-corrected chi connectivity index (χ4v) is 2.59. The van der Waals surface area contributed by atoms with E-state index in [2.05, 4.69) is 44.4 Å². The smallest absolute Gasteiger partial charge is 0.208 e. The van der Waals surface area contributed by atoms with Crippen LogP contribution in [0.25, 0.3) is 0 Å². The molecule has 1 aromatic heterocycles. The third-order valence-electron chi connectivity index (χ3n) is 2.13. The van der Waals surface area contributed by atoms with Gasteiger partial charge in [0.05, 0.1) is 0 Å². The molecule has 0 fully saturated rings. The molecular weight excluding hydrogens is 306 g/mol. The van der Waals surface area contributed by atoms with Crippen molar-refractivity contribution in [2.75, 3.05) is 5.32 Å². The Morgan fingerprint density at radius 2 is 2.38 bits per heavy atom. The number of aromatic nitrogens is 2. The van der Waals surface area contributed by atoms with Gasteiger partial charge in [0, 0.05) is 10.2 Å². The van der Waals surface area contributed by atoms with Crippen molar-refractivity contribution in [3.05, 3.63) is 32.2 Å². The predicted molar refractivity (Wildman–Crippen MR) is 74.1 cm³/mol. The van der Waals surface area contributed by atoms with Gasteiger partial charge in [0.1, 0.15) is 0 Å². The summed E-state index contributed by atoms with van der Waals surface area (Å²) in [7, 11) is 0. The monoisotopic (exact) mass is 315 g/mol. The number of halogens is 1. The van der Waals surface area contributed by atoms with Gasteiger partial charge in [-0.15, -0.1) is 5.10 Å². The number of aromatic amines is 1. The number of rotatable bonds is 3. The first-order valence-corrected chi connectivity index (χ1v) is 6.82. The zero-order valence-electron chi connectivity index (χ0n) is 8.58. The summed E-state index contributed by atoms with van der Waals surface area (Å²) in [6, 6.07) is 6.15. The van der Waals surface area contributed by atoms with Crippen molar-refractivity contribution in [1.82, 2.24) is 10.2 Å². The van der Waals surface area contributed by atoms with Crippen LogP contribution >= 0.6 is 39.5 Å². The molecule has 6 heteroatoms. The second kappa shape index (κ2) is 5.07. The summed E-state index contributed by atoms with van der Waals surface area (Å²) >= 11 is 9.88. The van der Waals surface area contributed by atoms with Gasteiger partial charge in [-0.2, -0.15) is 0 Å². The lowest BCUT2D eigenvalue weighted by Gasteiger charge is -2.08. The van der Waals surface area contributed by atoms with Gasteiger partial charge >= 0.3 is 0 Å². The van der Waals surface area contributed by atoms with E-state index >= 15 is 0 Å². The Balaban J connectivity index is 2.30. The molecule has 1 aromatic carbocycles. The first-order chi connectivity index (χ1) is 7.69. The van der Waals surface area contributed by atoms with E-state index < -0.39 is 0 Å². The van der Waals surface area contributed by atoms with Crippen LogP contribution in [0.3, 0.4) is 0 Å². The van der Waals surface area contributed by atoms with Crippen molar-refractivity contribution < 1.29 is 0 Å². The predicted octanol–water partition coefficient (Wildman–Crippen LogP) is 4.27. The molecule has 0 bridgehead atoms. The molecule has 3 nitrogen and oxygen atoms in total. The molecule has 2 rings (SSSR count). The van der Waals surface area contributed by atoms with Crippen LogP contribution in [-0.4, -0.2) is 10.2 Å². The largest absolute Gasteiger partial charge is 0.330 e. The van der Waals surface area contributed by atoms with Crippen molar-refractivity contribution >= 4 is 50.3 Å². The fourth-order valence-electron chi connectivity index (χ4n) is 1.38. The molecule has 0 saturated carbocycles. The van der Waals surface area contributed by atoms with Gasteiger partial charge in [0.15, 0.2) is 3.95 Å². The number of H-pyrrole nitrogens is 1. The third-order valence-corrected chi connectivity index (χ3v) is 3.63. The maximum absolute atomic E-state index is 4.98. The molecule has 16 heavy (non-hydrogen) atoms.